The minimum absolute atomic E-state index is 0.595. The van der Waals surface area contributed by atoms with Crippen LogP contribution in [0.4, 0.5) is 0 Å². The third kappa shape index (κ3) is 5.79. The van der Waals surface area contributed by atoms with Crippen LogP contribution in [-0.4, -0.2) is 19.1 Å². The summed E-state index contributed by atoms with van der Waals surface area (Å²) in [7, 11) is 0. The maximum Gasteiger partial charge on any atom is 0.235 e. The van der Waals surface area contributed by atoms with E-state index in [0.717, 1.165) is 99.7 Å². The summed E-state index contributed by atoms with van der Waals surface area (Å²) in [5.74, 6) is 0.595. The van der Waals surface area contributed by atoms with E-state index in [1.165, 1.54) is 5.39 Å². The molecule has 11 rings (SSSR count). The molecule has 0 spiro atoms. The zero-order valence-electron chi connectivity index (χ0n) is 32.1. The number of hydrogen-bond donors (Lipinski definition) is 0. The first kappa shape index (κ1) is 34.2. The fourth-order valence-electron chi connectivity index (χ4n) is 8.41. The van der Waals surface area contributed by atoms with Gasteiger partial charge in [-0.25, -0.2) is 9.97 Å². The van der Waals surface area contributed by atoms with Crippen molar-refractivity contribution >= 4 is 66.3 Å². The van der Waals surface area contributed by atoms with E-state index in [2.05, 4.69) is 180 Å². The van der Waals surface area contributed by atoms with Crippen molar-refractivity contribution in [3.63, 3.8) is 0 Å². The van der Waals surface area contributed by atoms with E-state index in [1.807, 2.05) is 36.4 Å². The van der Waals surface area contributed by atoms with Gasteiger partial charge >= 0.3 is 0 Å². The molecule has 5 heteroatoms. The highest BCUT2D eigenvalue weighted by Crippen LogP contribution is 2.38. The number of benzene rings is 7. The molecule has 0 saturated heterocycles. The molecule has 278 valence electrons. The summed E-state index contributed by atoms with van der Waals surface area (Å²) < 4.78 is 10.6. The van der Waals surface area contributed by atoms with Gasteiger partial charge in [0, 0.05) is 55.5 Å². The standard InChI is InChI=1S/C54H36N4O/c1-35(36(2)41-19-7-8-21-43(41)50-33-37-16-6-13-25-48(37)58(50)40-17-4-3-5-18-40)28-29-39-34-57(49-26-14-10-20-42(39)49)54-55-47-24-12-9-23-45(47)53(56-54)38-30-31-52-46(32-38)44-22-11-15-27-51(44)59-52/h3-34H,1-2H2/b29-28-. The van der Waals surface area contributed by atoms with Gasteiger partial charge in [-0.1, -0.05) is 141 Å². The van der Waals surface area contributed by atoms with Gasteiger partial charge in [0.2, 0.25) is 5.95 Å². The second kappa shape index (κ2) is 13.9. The lowest BCUT2D eigenvalue weighted by atomic mass is 9.93. The van der Waals surface area contributed by atoms with Crippen LogP contribution in [0, 0.1) is 0 Å². The molecule has 59 heavy (non-hydrogen) atoms. The van der Waals surface area contributed by atoms with Crippen molar-refractivity contribution in [3.8, 4) is 34.2 Å². The van der Waals surface area contributed by atoms with Gasteiger partial charge in [-0.2, -0.15) is 0 Å². The highest BCUT2D eigenvalue weighted by molar-refractivity contribution is 6.07. The maximum atomic E-state index is 6.16. The van der Waals surface area contributed by atoms with Crippen molar-refractivity contribution in [2.75, 3.05) is 0 Å². The van der Waals surface area contributed by atoms with E-state index in [9.17, 15) is 0 Å². The first-order valence-corrected chi connectivity index (χ1v) is 19.7. The van der Waals surface area contributed by atoms with Crippen molar-refractivity contribution in [3.05, 3.63) is 218 Å². The molecule has 0 fully saturated rings. The number of furan rings is 1. The van der Waals surface area contributed by atoms with Crippen molar-refractivity contribution in [2.24, 2.45) is 0 Å². The molecule has 4 heterocycles. The molecule has 0 amide bonds. The number of nitrogens with zero attached hydrogens (tertiary/aromatic N) is 4. The summed E-state index contributed by atoms with van der Waals surface area (Å²) in [6.45, 7) is 9.14. The zero-order valence-corrected chi connectivity index (χ0v) is 32.1. The summed E-state index contributed by atoms with van der Waals surface area (Å²) in [4.78, 5) is 10.4. The van der Waals surface area contributed by atoms with Crippen molar-refractivity contribution in [2.45, 2.75) is 0 Å². The average molecular weight is 757 g/mol. The average Bonchev–Trinajstić information content (AvgIpc) is 3.99. The highest BCUT2D eigenvalue weighted by Gasteiger charge is 2.19. The number of allylic oxidation sites excluding steroid dienone is 3. The Kier molecular flexibility index (Phi) is 8.05. The van der Waals surface area contributed by atoms with Crippen LogP contribution in [0.15, 0.2) is 211 Å². The van der Waals surface area contributed by atoms with E-state index in [0.29, 0.717) is 5.95 Å². The smallest absolute Gasteiger partial charge is 0.235 e. The SMILES string of the molecule is C=C(/C=C\c1cn(-c2nc(-c3ccc4oc5ccccc5c4c3)c3ccccc3n2)c2ccccc12)C(=C)c1ccccc1-c1cc2ccccc2n1-c1ccccc1. The number of rotatable bonds is 8. The van der Waals surface area contributed by atoms with Gasteiger partial charge in [0.1, 0.15) is 11.2 Å². The van der Waals surface area contributed by atoms with E-state index in [4.69, 9.17) is 14.4 Å². The topological polar surface area (TPSA) is 48.8 Å². The Balaban J connectivity index is 0.975. The van der Waals surface area contributed by atoms with Gasteiger partial charge in [0.15, 0.2) is 0 Å². The van der Waals surface area contributed by atoms with Gasteiger partial charge in [-0.3, -0.25) is 4.57 Å². The van der Waals surface area contributed by atoms with Gasteiger partial charge in [-0.05, 0) is 77.4 Å². The van der Waals surface area contributed by atoms with Crippen molar-refractivity contribution in [1.82, 2.24) is 19.1 Å². The van der Waals surface area contributed by atoms with Crippen LogP contribution >= 0.6 is 0 Å². The Labute approximate surface area is 340 Å². The molecule has 0 aliphatic rings. The summed E-state index contributed by atoms with van der Waals surface area (Å²) in [5, 5.41) is 5.39. The van der Waals surface area contributed by atoms with Crippen LogP contribution in [-0.2, 0) is 0 Å². The fraction of sp³-hybridized carbons (Fsp3) is 0. The fourth-order valence-corrected chi connectivity index (χ4v) is 8.41. The van der Waals surface area contributed by atoms with Crippen LogP contribution in [0.5, 0.6) is 0 Å². The van der Waals surface area contributed by atoms with Crippen molar-refractivity contribution < 1.29 is 4.42 Å². The number of para-hydroxylation sites is 5. The predicted octanol–water partition coefficient (Wildman–Crippen LogP) is 14.0. The van der Waals surface area contributed by atoms with E-state index in [1.54, 1.807) is 0 Å². The molecule has 0 radical (unpaired) electrons. The molecule has 7 aromatic carbocycles. The minimum atomic E-state index is 0.595. The van der Waals surface area contributed by atoms with Gasteiger partial charge in [-0.15, -0.1) is 0 Å². The Hall–Kier alpha value is -8.02. The lowest BCUT2D eigenvalue weighted by molar-refractivity contribution is 0.669. The number of fused-ring (bicyclic) bond motifs is 6. The lowest BCUT2D eigenvalue weighted by Crippen LogP contribution is -2.02. The lowest BCUT2D eigenvalue weighted by Gasteiger charge is -2.16. The molecule has 11 aromatic rings. The summed E-state index contributed by atoms with van der Waals surface area (Å²) >= 11 is 0. The Morgan fingerprint density at radius 3 is 2.15 bits per heavy atom. The molecule has 5 nitrogen and oxygen atoms in total. The zero-order chi connectivity index (χ0) is 39.5. The molecule has 0 aliphatic heterocycles. The maximum absolute atomic E-state index is 6.16. The number of hydrogen-bond acceptors (Lipinski definition) is 3. The van der Waals surface area contributed by atoms with E-state index < -0.39 is 0 Å². The molecular weight excluding hydrogens is 721 g/mol. The third-order valence-electron chi connectivity index (χ3n) is 11.3. The molecule has 0 aliphatic carbocycles. The third-order valence-corrected chi connectivity index (χ3v) is 11.3. The first-order valence-electron chi connectivity index (χ1n) is 19.7. The van der Waals surface area contributed by atoms with Gasteiger partial charge < -0.3 is 8.98 Å². The molecule has 0 N–H and O–H groups in total. The highest BCUT2D eigenvalue weighted by atomic mass is 16.3. The molecule has 0 unspecified atom stereocenters. The molecule has 0 atom stereocenters. The second-order valence-corrected chi connectivity index (χ2v) is 14.8. The normalized spacial score (nSPS) is 11.8. The van der Waals surface area contributed by atoms with E-state index in [-0.39, 0.29) is 0 Å². The summed E-state index contributed by atoms with van der Waals surface area (Å²) in [5.41, 5.74) is 13.6. The molecule has 0 bridgehead atoms. The van der Waals surface area contributed by atoms with Crippen LogP contribution in [0.2, 0.25) is 0 Å². The summed E-state index contributed by atoms with van der Waals surface area (Å²) in [6.07, 6.45) is 6.30. The molecule has 4 aromatic heterocycles. The first-order chi connectivity index (χ1) is 29.1. The Morgan fingerprint density at radius 1 is 0.576 bits per heavy atom. The quantitative estimate of drug-likeness (QED) is 0.145. The van der Waals surface area contributed by atoms with Gasteiger partial charge in [0.25, 0.3) is 0 Å². The van der Waals surface area contributed by atoms with E-state index >= 15 is 0 Å². The van der Waals surface area contributed by atoms with Crippen molar-refractivity contribution in [1.29, 1.82) is 0 Å². The van der Waals surface area contributed by atoms with Crippen LogP contribution in [0.3, 0.4) is 0 Å². The van der Waals surface area contributed by atoms with Gasteiger partial charge in [0.05, 0.1) is 27.9 Å². The molecule has 0 saturated carbocycles. The van der Waals surface area contributed by atoms with Crippen LogP contribution in [0.25, 0.3) is 100 Å². The summed E-state index contributed by atoms with van der Waals surface area (Å²) in [6, 6.07) is 60.8. The number of aromatic nitrogens is 4. The predicted molar refractivity (Wildman–Crippen MR) is 245 cm³/mol. The monoisotopic (exact) mass is 756 g/mol. The second-order valence-electron chi connectivity index (χ2n) is 14.8. The van der Waals surface area contributed by atoms with Crippen LogP contribution in [0.1, 0.15) is 11.1 Å². The Morgan fingerprint density at radius 2 is 1.27 bits per heavy atom. The largest absolute Gasteiger partial charge is 0.456 e. The van der Waals surface area contributed by atoms with Crippen LogP contribution < -0.4 is 0 Å². The Bertz CT molecular complexity index is 3490. The molecular formula is C54H36N4O. The minimum Gasteiger partial charge on any atom is -0.456 e.